The molecular formula is C12H8ClIO2S. The van der Waals surface area contributed by atoms with Gasteiger partial charge in [-0.05, 0) is 52.2 Å². The van der Waals surface area contributed by atoms with Crippen LogP contribution in [0.4, 0.5) is 0 Å². The van der Waals surface area contributed by atoms with Gasteiger partial charge < -0.3 is 4.74 Å². The Kier molecular flexibility index (Phi) is 4.06. The van der Waals surface area contributed by atoms with Crippen LogP contribution in [0.3, 0.4) is 0 Å². The predicted molar refractivity (Wildman–Crippen MR) is 78.5 cm³/mol. The summed E-state index contributed by atoms with van der Waals surface area (Å²) in [6.45, 7) is 0. The Labute approximate surface area is 122 Å². The van der Waals surface area contributed by atoms with Gasteiger partial charge in [0.15, 0.2) is 0 Å². The van der Waals surface area contributed by atoms with Crippen LogP contribution in [-0.2, 0) is 0 Å². The van der Waals surface area contributed by atoms with Crippen molar-refractivity contribution in [2.45, 2.75) is 0 Å². The number of carbonyl (C=O) groups is 1. The van der Waals surface area contributed by atoms with E-state index in [9.17, 15) is 4.79 Å². The van der Waals surface area contributed by atoms with Gasteiger partial charge in [-0.1, -0.05) is 11.6 Å². The zero-order chi connectivity index (χ0) is 12.4. The van der Waals surface area contributed by atoms with Crippen LogP contribution in [0, 0.1) is 3.57 Å². The largest absolute Gasteiger partial charge is 0.495 e. The van der Waals surface area contributed by atoms with E-state index in [0.29, 0.717) is 21.2 Å². The van der Waals surface area contributed by atoms with Crippen LogP contribution in [0.1, 0.15) is 15.2 Å². The average Bonchev–Trinajstić information content (AvgIpc) is 2.80. The first kappa shape index (κ1) is 12.9. The lowest BCUT2D eigenvalue weighted by Crippen LogP contribution is -2.01. The molecule has 1 aromatic heterocycles. The van der Waals surface area contributed by atoms with Gasteiger partial charge in [0.2, 0.25) is 5.78 Å². The molecule has 2 nitrogen and oxygen atoms in total. The molecule has 0 atom stereocenters. The third-order valence-corrected chi connectivity index (χ3v) is 4.70. The summed E-state index contributed by atoms with van der Waals surface area (Å²) in [5.74, 6) is 0.546. The standard InChI is InChI=1S/C12H8ClIO2S/c1-16-10-4-5-17-12(10)11(15)7-2-3-9(14)8(13)6-7/h2-6H,1H3. The van der Waals surface area contributed by atoms with E-state index in [1.165, 1.54) is 11.3 Å². The van der Waals surface area contributed by atoms with Crippen LogP contribution in [0.2, 0.25) is 5.02 Å². The number of methoxy groups -OCH3 is 1. The van der Waals surface area contributed by atoms with Gasteiger partial charge in [0.05, 0.1) is 12.1 Å². The van der Waals surface area contributed by atoms with Crippen molar-refractivity contribution in [2.24, 2.45) is 0 Å². The van der Waals surface area contributed by atoms with Crippen molar-refractivity contribution in [3.05, 3.63) is 48.7 Å². The maximum atomic E-state index is 12.2. The summed E-state index contributed by atoms with van der Waals surface area (Å²) in [6, 6.07) is 7.07. The number of benzene rings is 1. The number of ether oxygens (including phenoxy) is 1. The summed E-state index contributed by atoms with van der Waals surface area (Å²) >= 11 is 9.50. The molecule has 0 radical (unpaired) electrons. The number of thiophene rings is 1. The number of carbonyl (C=O) groups excluding carboxylic acids is 1. The molecule has 1 aromatic carbocycles. The summed E-state index contributed by atoms with van der Waals surface area (Å²) < 4.78 is 6.07. The van der Waals surface area contributed by atoms with Crippen LogP contribution in [0.15, 0.2) is 29.6 Å². The number of ketones is 1. The van der Waals surface area contributed by atoms with Gasteiger partial charge in [-0.2, -0.15) is 0 Å². The van der Waals surface area contributed by atoms with Crippen LogP contribution < -0.4 is 4.74 Å². The Hall–Kier alpha value is -0.590. The van der Waals surface area contributed by atoms with E-state index >= 15 is 0 Å². The van der Waals surface area contributed by atoms with Gasteiger partial charge in [0.1, 0.15) is 10.6 Å². The summed E-state index contributed by atoms with van der Waals surface area (Å²) in [5.41, 5.74) is 0.580. The lowest BCUT2D eigenvalue weighted by Gasteiger charge is -2.03. The maximum absolute atomic E-state index is 12.2. The zero-order valence-corrected chi connectivity index (χ0v) is 12.6. The molecule has 2 aromatic rings. The maximum Gasteiger partial charge on any atom is 0.206 e. The van der Waals surface area contributed by atoms with E-state index in [0.717, 1.165) is 3.57 Å². The SMILES string of the molecule is COc1ccsc1C(=O)c1ccc(I)c(Cl)c1. The fourth-order valence-electron chi connectivity index (χ4n) is 1.39. The molecule has 1 heterocycles. The molecule has 0 spiro atoms. The number of hydrogen-bond acceptors (Lipinski definition) is 3. The van der Waals surface area contributed by atoms with E-state index < -0.39 is 0 Å². The Balaban J connectivity index is 2.40. The highest BCUT2D eigenvalue weighted by atomic mass is 127. The van der Waals surface area contributed by atoms with Gasteiger partial charge in [-0.3, -0.25) is 4.79 Å². The minimum Gasteiger partial charge on any atom is -0.495 e. The molecule has 0 fully saturated rings. The van der Waals surface area contributed by atoms with Crippen LogP contribution >= 0.6 is 45.5 Å². The fourth-order valence-corrected chi connectivity index (χ4v) is 2.73. The second kappa shape index (κ2) is 5.37. The van der Waals surface area contributed by atoms with Crippen molar-refractivity contribution in [2.75, 3.05) is 7.11 Å². The quantitative estimate of drug-likeness (QED) is 0.590. The van der Waals surface area contributed by atoms with Crippen molar-refractivity contribution < 1.29 is 9.53 Å². The Morgan fingerprint density at radius 2 is 2.18 bits per heavy atom. The fraction of sp³-hybridized carbons (Fsp3) is 0.0833. The molecule has 0 unspecified atom stereocenters. The van der Waals surface area contributed by atoms with Crippen molar-refractivity contribution in [1.82, 2.24) is 0 Å². The first-order valence-corrected chi connectivity index (χ1v) is 7.08. The molecule has 5 heteroatoms. The van der Waals surface area contributed by atoms with Crippen molar-refractivity contribution >= 4 is 51.3 Å². The lowest BCUT2D eigenvalue weighted by atomic mass is 10.1. The zero-order valence-electron chi connectivity index (χ0n) is 8.87. The smallest absolute Gasteiger partial charge is 0.206 e. The molecule has 0 N–H and O–H groups in total. The monoisotopic (exact) mass is 378 g/mol. The Morgan fingerprint density at radius 3 is 2.82 bits per heavy atom. The molecule has 17 heavy (non-hydrogen) atoms. The first-order chi connectivity index (χ1) is 8.13. The molecule has 0 aliphatic rings. The Morgan fingerprint density at radius 1 is 1.41 bits per heavy atom. The highest BCUT2D eigenvalue weighted by molar-refractivity contribution is 14.1. The van der Waals surface area contributed by atoms with E-state index in [1.54, 1.807) is 25.3 Å². The van der Waals surface area contributed by atoms with E-state index in [-0.39, 0.29) is 5.78 Å². The van der Waals surface area contributed by atoms with E-state index in [2.05, 4.69) is 22.6 Å². The van der Waals surface area contributed by atoms with Gasteiger partial charge in [0.25, 0.3) is 0 Å². The van der Waals surface area contributed by atoms with E-state index in [1.807, 2.05) is 11.4 Å². The molecule has 0 saturated carbocycles. The van der Waals surface area contributed by atoms with Crippen molar-refractivity contribution in [3.63, 3.8) is 0 Å². The molecule has 0 aliphatic carbocycles. The second-order valence-electron chi connectivity index (χ2n) is 3.28. The lowest BCUT2D eigenvalue weighted by molar-refractivity contribution is 0.104. The first-order valence-electron chi connectivity index (χ1n) is 4.74. The number of hydrogen-bond donors (Lipinski definition) is 0. The van der Waals surface area contributed by atoms with Crippen LogP contribution in [0.25, 0.3) is 0 Å². The Bertz CT molecular complexity index is 565. The highest BCUT2D eigenvalue weighted by Crippen LogP contribution is 2.28. The van der Waals surface area contributed by atoms with Gasteiger partial charge in [-0.25, -0.2) is 0 Å². The second-order valence-corrected chi connectivity index (χ2v) is 5.76. The predicted octanol–water partition coefficient (Wildman–Crippen LogP) is 4.25. The van der Waals surface area contributed by atoms with Crippen LogP contribution in [0.5, 0.6) is 5.75 Å². The summed E-state index contributed by atoms with van der Waals surface area (Å²) in [7, 11) is 1.56. The number of rotatable bonds is 3. The number of halogens is 2. The molecule has 0 aliphatic heterocycles. The third kappa shape index (κ3) is 2.64. The molecular weight excluding hydrogens is 371 g/mol. The van der Waals surface area contributed by atoms with Crippen molar-refractivity contribution in [3.8, 4) is 5.75 Å². The molecule has 0 saturated heterocycles. The summed E-state index contributed by atoms with van der Waals surface area (Å²) in [6.07, 6.45) is 0. The van der Waals surface area contributed by atoms with Gasteiger partial charge in [-0.15, -0.1) is 11.3 Å². The minimum absolute atomic E-state index is 0.0600. The highest BCUT2D eigenvalue weighted by Gasteiger charge is 2.16. The molecule has 0 amide bonds. The summed E-state index contributed by atoms with van der Waals surface area (Å²) in [5, 5.41) is 2.42. The topological polar surface area (TPSA) is 26.3 Å². The normalized spacial score (nSPS) is 10.3. The van der Waals surface area contributed by atoms with Gasteiger partial charge >= 0.3 is 0 Å². The van der Waals surface area contributed by atoms with Crippen molar-refractivity contribution in [1.29, 1.82) is 0 Å². The van der Waals surface area contributed by atoms with Gasteiger partial charge in [0, 0.05) is 9.13 Å². The van der Waals surface area contributed by atoms with Crippen LogP contribution in [-0.4, -0.2) is 12.9 Å². The van der Waals surface area contributed by atoms with E-state index in [4.69, 9.17) is 16.3 Å². The molecule has 0 bridgehead atoms. The minimum atomic E-state index is -0.0600. The summed E-state index contributed by atoms with van der Waals surface area (Å²) in [4.78, 5) is 12.8. The third-order valence-electron chi connectivity index (χ3n) is 2.24. The molecule has 88 valence electrons. The molecule has 2 rings (SSSR count). The average molecular weight is 379 g/mol.